The van der Waals surface area contributed by atoms with Gasteiger partial charge in [0.2, 0.25) is 0 Å². The fraction of sp³-hybridized carbons (Fsp3) is 1.00. The Kier molecular flexibility index (Phi) is 5.37. The summed E-state index contributed by atoms with van der Waals surface area (Å²) in [5.41, 5.74) is 5.48. The van der Waals surface area contributed by atoms with Crippen LogP contribution in [0.3, 0.4) is 0 Å². The number of nitrogens with one attached hydrogen (secondary N) is 1. The third-order valence-corrected chi connectivity index (χ3v) is 5.35. The molecule has 3 N–H and O–H groups in total. The van der Waals surface area contributed by atoms with Crippen LogP contribution in [0.4, 0.5) is 0 Å². The van der Waals surface area contributed by atoms with Crippen molar-refractivity contribution in [1.82, 2.24) is 9.03 Å². The molecule has 0 saturated heterocycles. The average molecular weight is 263 g/mol. The lowest BCUT2D eigenvalue weighted by Gasteiger charge is -2.38. The first-order valence-electron chi connectivity index (χ1n) is 6.50. The molecule has 0 spiro atoms. The quantitative estimate of drug-likeness (QED) is 0.714. The standard InChI is InChI=1S/C11H25N3O2S/c1-3-9-13-17(15,16)14(4-2)11(10-12)7-5-6-8-11/h13H,3-10,12H2,1-2H3. The van der Waals surface area contributed by atoms with E-state index in [1.54, 1.807) is 4.31 Å². The van der Waals surface area contributed by atoms with E-state index in [0.717, 1.165) is 32.1 Å². The number of hydrogen-bond acceptors (Lipinski definition) is 3. The summed E-state index contributed by atoms with van der Waals surface area (Å²) >= 11 is 0. The smallest absolute Gasteiger partial charge is 0.279 e. The molecule has 6 heteroatoms. The molecule has 102 valence electrons. The summed E-state index contributed by atoms with van der Waals surface area (Å²) in [5.74, 6) is 0. The summed E-state index contributed by atoms with van der Waals surface area (Å²) in [6, 6.07) is 0. The average Bonchev–Trinajstić information content (AvgIpc) is 2.77. The summed E-state index contributed by atoms with van der Waals surface area (Å²) in [7, 11) is -3.39. The molecule has 0 atom stereocenters. The van der Waals surface area contributed by atoms with Gasteiger partial charge in [0.15, 0.2) is 0 Å². The van der Waals surface area contributed by atoms with E-state index < -0.39 is 10.2 Å². The number of hydrogen-bond donors (Lipinski definition) is 2. The van der Waals surface area contributed by atoms with Crippen LogP contribution in [0.1, 0.15) is 46.0 Å². The third kappa shape index (κ3) is 3.19. The van der Waals surface area contributed by atoms with Gasteiger partial charge in [0.05, 0.1) is 0 Å². The van der Waals surface area contributed by atoms with Crippen LogP contribution in [0.25, 0.3) is 0 Å². The zero-order valence-electron chi connectivity index (χ0n) is 10.9. The Bertz CT molecular complexity index is 324. The van der Waals surface area contributed by atoms with Crippen molar-refractivity contribution in [1.29, 1.82) is 0 Å². The van der Waals surface area contributed by atoms with Gasteiger partial charge in [0, 0.05) is 25.2 Å². The first kappa shape index (κ1) is 14.9. The largest absolute Gasteiger partial charge is 0.329 e. The highest BCUT2D eigenvalue weighted by Gasteiger charge is 2.43. The van der Waals surface area contributed by atoms with Crippen LogP contribution in [-0.4, -0.2) is 37.9 Å². The fourth-order valence-electron chi connectivity index (χ4n) is 2.66. The molecule has 0 amide bonds. The molecule has 0 unspecified atom stereocenters. The highest BCUT2D eigenvalue weighted by molar-refractivity contribution is 7.87. The van der Waals surface area contributed by atoms with Gasteiger partial charge in [-0.2, -0.15) is 12.7 Å². The van der Waals surface area contributed by atoms with E-state index in [1.165, 1.54) is 0 Å². The van der Waals surface area contributed by atoms with E-state index in [4.69, 9.17) is 5.73 Å². The summed E-state index contributed by atoms with van der Waals surface area (Å²) in [6.45, 7) is 5.21. The van der Waals surface area contributed by atoms with Gasteiger partial charge < -0.3 is 5.73 Å². The first-order valence-corrected chi connectivity index (χ1v) is 7.94. The van der Waals surface area contributed by atoms with Crippen LogP contribution in [0.5, 0.6) is 0 Å². The molecule has 1 saturated carbocycles. The van der Waals surface area contributed by atoms with Crippen LogP contribution in [0, 0.1) is 0 Å². The predicted molar refractivity (Wildman–Crippen MR) is 69.8 cm³/mol. The van der Waals surface area contributed by atoms with Crippen molar-refractivity contribution in [2.75, 3.05) is 19.6 Å². The van der Waals surface area contributed by atoms with E-state index in [2.05, 4.69) is 4.72 Å². The number of likely N-dealkylation sites (N-methyl/N-ethyl adjacent to an activating group) is 1. The summed E-state index contributed by atoms with van der Waals surface area (Å²) in [5, 5.41) is 0. The monoisotopic (exact) mass is 263 g/mol. The molecule has 17 heavy (non-hydrogen) atoms. The fourth-order valence-corrected chi connectivity index (χ4v) is 4.38. The molecule has 1 rings (SSSR count). The maximum atomic E-state index is 12.2. The second-order valence-electron chi connectivity index (χ2n) is 4.70. The van der Waals surface area contributed by atoms with E-state index >= 15 is 0 Å². The SMILES string of the molecule is CCCNS(=O)(=O)N(CC)C1(CN)CCCC1. The van der Waals surface area contributed by atoms with E-state index in [9.17, 15) is 8.42 Å². The number of nitrogens with two attached hydrogens (primary N) is 1. The van der Waals surface area contributed by atoms with Gasteiger partial charge in [-0.3, -0.25) is 0 Å². The molecule has 0 heterocycles. The Balaban J connectivity index is 2.89. The summed E-state index contributed by atoms with van der Waals surface area (Å²) in [6.07, 6.45) is 4.69. The van der Waals surface area contributed by atoms with E-state index in [-0.39, 0.29) is 5.54 Å². The first-order chi connectivity index (χ1) is 8.02. The molecule has 0 aromatic heterocycles. The Morgan fingerprint density at radius 2 is 1.88 bits per heavy atom. The van der Waals surface area contributed by atoms with Crippen molar-refractivity contribution in [3.63, 3.8) is 0 Å². The van der Waals surface area contributed by atoms with Crippen molar-refractivity contribution in [2.45, 2.75) is 51.5 Å². The summed E-state index contributed by atoms with van der Waals surface area (Å²) < 4.78 is 28.7. The topological polar surface area (TPSA) is 75.4 Å². The molecule has 1 aliphatic carbocycles. The molecule has 0 radical (unpaired) electrons. The molecular formula is C11H25N3O2S. The van der Waals surface area contributed by atoms with Gasteiger partial charge in [-0.15, -0.1) is 0 Å². The minimum Gasteiger partial charge on any atom is -0.329 e. The second-order valence-corrected chi connectivity index (χ2v) is 6.38. The Morgan fingerprint density at radius 3 is 2.29 bits per heavy atom. The highest BCUT2D eigenvalue weighted by atomic mass is 32.2. The number of rotatable bonds is 7. The minimum absolute atomic E-state index is 0.353. The van der Waals surface area contributed by atoms with Crippen molar-refractivity contribution in [3.8, 4) is 0 Å². The van der Waals surface area contributed by atoms with Crippen molar-refractivity contribution in [2.24, 2.45) is 5.73 Å². The second kappa shape index (κ2) is 6.13. The predicted octanol–water partition coefficient (Wildman–Crippen LogP) is 0.824. The Hall–Kier alpha value is -0.170. The van der Waals surface area contributed by atoms with Crippen LogP contribution in [-0.2, 0) is 10.2 Å². The Morgan fingerprint density at radius 1 is 1.29 bits per heavy atom. The number of nitrogens with zero attached hydrogens (tertiary/aromatic N) is 1. The maximum absolute atomic E-state index is 12.2. The lowest BCUT2D eigenvalue weighted by atomic mass is 9.98. The van der Waals surface area contributed by atoms with Crippen LogP contribution >= 0.6 is 0 Å². The minimum atomic E-state index is -3.39. The van der Waals surface area contributed by atoms with Crippen molar-refractivity contribution >= 4 is 10.2 Å². The van der Waals surface area contributed by atoms with Gasteiger partial charge in [-0.05, 0) is 19.3 Å². The highest BCUT2D eigenvalue weighted by Crippen LogP contribution is 2.35. The molecule has 0 aromatic carbocycles. The van der Waals surface area contributed by atoms with Crippen LogP contribution in [0.2, 0.25) is 0 Å². The molecule has 0 aromatic rings. The van der Waals surface area contributed by atoms with Crippen LogP contribution < -0.4 is 10.5 Å². The maximum Gasteiger partial charge on any atom is 0.279 e. The molecule has 0 bridgehead atoms. The lowest BCUT2D eigenvalue weighted by molar-refractivity contribution is 0.202. The molecular weight excluding hydrogens is 238 g/mol. The van der Waals surface area contributed by atoms with Crippen LogP contribution in [0.15, 0.2) is 0 Å². The van der Waals surface area contributed by atoms with Gasteiger partial charge >= 0.3 is 0 Å². The van der Waals surface area contributed by atoms with Crippen molar-refractivity contribution in [3.05, 3.63) is 0 Å². The van der Waals surface area contributed by atoms with Gasteiger partial charge in [0.1, 0.15) is 0 Å². The van der Waals surface area contributed by atoms with E-state index in [0.29, 0.717) is 19.6 Å². The van der Waals surface area contributed by atoms with Crippen molar-refractivity contribution < 1.29 is 8.42 Å². The van der Waals surface area contributed by atoms with Gasteiger partial charge in [-0.25, -0.2) is 4.72 Å². The van der Waals surface area contributed by atoms with Gasteiger partial charge in [0.25, 0.3) is 10.2 Å². The Labute approximate surface area is 105 Å². The zero-order valence-corrected chi connectivity index (χ0v) is 11.7. The molecule has 1 aliphatic rings. The molecule has 0 aliphatic heterocycles. The molecule has 1 fully saturated rings. The lowest BCUT2D eigenvalue weighted by Crippen LogP contribution is -2.57. The zero-order chi connectivity index (χ0) is 12.9. The van der Waals surface area contributed by atoms with Gasteiger partial charge in [-0.1, -0.05) is 26.7 Å². The normalized spacial score (nSPS) is 20.0. The van der Waals surface area contributed by atoms with E-state index in [1.807, 2.05) is 13.8 Å². The summed E-state index contributed by atoms with van der Waals surface area (Å²) in [4.78, 5) is 0. The molecule has 5 nitrogen and oxygen atoms in total. The third-order valence-electron chi connectivity index (χ3n) is 3.56.